The van der Waals surface area contributed by atoms with Crippen molar-refractivity contribution in [1.82, 2.24) is 15.0 Å². The zero-order valence-corrected chi connectivity index (χ0v) is 21.6. The van der Waals surface area contributed by atoms with E-state index in [1.54, 1.807) is 18.0 Å². The van der Waals surface area contributed by atoms with Crippen LogP contribution in [0.1, 0.15) is 57.6 Å². The Labute approximate surface area is 211 Å². The number of rotatable bonds is 5. The Kier molecular flexibility index (Phi) is 6.62. The van der Waals surface area contributed by atoms with E-state index in [4.69, 9.17) is 4.98 Å². The summed E-state index contributed by atoms with van der Waals surface area (Å²) in [6.45, 7) is 4.32. The van der Waals surface area contributed by atoms with Gasteiger partial charge in [-0.25, -0.2) is 19.7 Å². The molecule has 2 aliphatic rings. The number of aromatic nitrogens is 3. The summed E-state index contributed by atoms with van der Waals surface area (Å²) in [4.78, 5) is 27.8. The van der Waals surface area contributed by atoms with Gasteiger partial charge in [0.05, 0.1) is 17.6 Å². The Bertz CT molecular complexity index is 1230. The molecule has 182 valence electrons. The molecule has 1 aromatic carbocycles. The van der Waals surface area contributed by atoms with Crippen molar-refractivity contribution in [3.8, 4) is 0 Å². The number of urea groups is 1. The molecule has 2 aliphatic heterocycles. The van der Waals surface area contributed by atoms with Gasteiger partial charge in [0.15, 0.2) is 12.9 Å². The van der Waals surface area contributed by atoms with Gasteiger partial charge in [-0.1, -0.05) is 44.3 Å². The Morgan fingerprint density at radius 2 is 1.83 bits per heavy atom. The third-order valence-corrected chi connectivity index (χ3v) is 8.37. The fourth-order valence-corrected chi connectivity index (χ4v) is 6.18. The fourth-order valence-electron chi connectivity index (χ4n) is 5.77. The van der Waals surface area contributed by atoms with E-state index in [1.807, 2.05) is 43.5 Å². The zero-order chi connectivity index (χ0) is 24.5. The third-order valence-electron chi connectivity index (χ3n) is 7.62. The van der Waals surface area contributed by atoms with Gasteiger partial charge in [-0.05, 0) is 56.4 Å². The molecule has 0 aliphatic carbocycles. The normalized spacial score (nSPS) is 23.7. The number of carbonyl (C=O) groups excluding carboxylic acids is 1. The predicted molar refractivity (Wildman–Crippen MR) is 147 cm³/mol. The van der Waals surface area contributed by atoms with Gasteiger partial charge in [-0.2, -0.15) is 0 Å². The number of nitrogens with zero attached hydrogens (tertiary/aromatic N) is 3. The molecule has 2 atom stereocenters. The lowest BCUT2D eigenvalue weighted by atomic mass is 9.45. The zero-order valence-electron chi connectivity index (χ0n) is 20.8. The first kappa shape index (κ1) is 23.9. The lowest BCUT2D eigenvalue weighted by Crippen LogP contribution is -2.43. The van der Waals surface area contributed by atoms with E-state index in [0.717, 1.165) is 16.4 Å². The lowest BCUT2D eigenvalue weighted by molar-refractivity contribution is 0.262. The highest BCUT2D eigenvalue weighted by Crippen LogP contribution is 2.51. The Hall–Kier alpha value is -2.81. The van der Waals surface area contributed by atoms with Crippen molar-refractivity contribution in [2.24, 2.45) is 0 Å². The molecule has 2 amide bonds. The second-order valence-corrected chi connectivity index (χ2v) is 11.4. The number of anilines is 3. The average molecular weight is 488 g/mol. The van der Waals surface area contributed by atoms with Crippen molar-refractivity contribution in [3.63, 3.8) is 0 Å². The number of nitrogens with one attached hydrogen (secondary N) is 3. The summed E-state index contributed by atoms with van der Waals surface area (Å²) in [6.07, 6.45) is 12.7. The van der Waals surface area contributed by atoms with Crippen molar-refractivity contribution in [3.05, 3.63) is 42.2 Å². The average Bonchev–Trinajstić information content (AvgIpc) is 3.18. The maximum absolute atomic E-state index is 12.5. The molecule has 2 saturated heterocycles. The summed E-state index contributed by atoms with van der Waals surface area (Å²) in [6, 6.07) is 9.26. The van der Waals surface area contributed by atoms with Crippen LogP contribution in [0.3, 0.4) is 0 Å². The van der Waals surface area contributed by atoms with Crippen molar-refractivity contribution >= 4 is 53.4 Å². The van der Waals surface area contributed by atoms with E-state index in [0.29, 0.717) is 27.9 Å². The summed E-state index contributed by atoms with van der Waals surface area (Å²) in [5.74, 6) is 0.793. The van der Waals surface area contributed by atoms with E-state index in [-0.39, 0.29) is 11.5 Å². The van der Waals surface area contributed by atoms with Crippen LogP contribution in [0, 0.1) is 6.92 Å². The maximum atomic E-state index is 12.5. The van der Waals surface area contributed by atoms with Gasteiger partial charge >= 0.3 is 6.03 Å². The molecule has 2 unspecified atom stereocenters. The van der Waals surface area contributed by atoms with Crippen LogP contribution >= 0.6 is 11.8 Å². The standard InChI is InChI=1S/C26H33BN6OS/c1-17-20(31-24(34)30-18-7-9-19(35-3)10-8-18)15-21-23(29-17)32-22(16-28-21)33-26-12-6-4-5-11-25(2,27-26)13-14-26/h7-10,15-16,27H,4-6,11-14H2,1-3H3,(H,29,32,33)(H2,30,31,34). The smallest absolute Gasteiger partial charge is 0.323 e. The van der Waals surface area contributed by atoms with E-state index in [9.17, 15) is 4.79 Å². The number of amides is 2. The minimum Gasteiger partial charge on any atom is -0.371 e. The van der Waals surface area contributed by atoms with Crippen molar-refractivity contribution < 1.29 is 4.79 Å². The number of carbonyl (C=O) groups is 1. The van der Waals surface area contributed by atoms with Crippen LogP contribution in [0.4, 0.5) is 22.0 Å². The van der Waals surface area contributed by atoms with Gasteiger partial charge in [0.1, 0.15) is 11.3 Å². The number of aryl methyl sites for hydroxylation is 1. The Morgan fingerprint density at radius 3 is 2.63 bits per heavy atom. The van der Waals surface area contributed by atoms with Crippen molar-refractivity contribution in [2.45, 2.75) is 74.4 Å². The van der Waals surface area contributed by atoms with Crippen LogP contribution in [0.5, 0.6) is 0 Å². The Balaban J connectivity index is 1.30. The molecule has 0 spiro atoms. The monoisotopic (exact) mass is 488 g/mol. The lowest BCUT2D eigenvalue weighted by Gasteiger charge is -2.34. The molecule has 35 heavy (non-hydrogen) atoms. The van der Waals surface area contributed by atoms with Gasteiger partial charge in [0, 0.05) is 16.0 Å². The Morgan fingerprint density at radius 1 is 1.03 bits per heavy atom. The highest BCUT2D eigenvalue weighted by molar-refractivity contribution is 7.98. The summed E-state index contributed by atoms with van der Waals surface area (Å²) in [5, 5.41) is 9.97. The van der Waals surface area contributed by atoms with Crippen molar-refractivity contribution in [1.29, 1.82) is 0 Å². The molecule has 0 radical (unpaired) electrons. The summed E-state index contributed by atoms with van der Waals surface area (Å²) >= 11 is 1.66. The van der Waals surface area contributed by atoms with Gasteiger partial charge in [0.2, 0.25) is 0 Å². The van der Waals surface area contributed by atoms with Crippen LogP contribution in [-0.4, -0.2) is 40.0 Å². The van der Waals surface area contributed by atoms with E-state index >= 15 is 0 Å². The van der Waals surface area contributed by atoms with Crippen LogP contribution in [-0.2, 0) is 0 Å². The molecular formula is C26H33BN6OS. The molecule has 3 aromatic rings. The molecule has 7 nitrogen and oxygen atoms in total. The first-order chi connectivity index (χ1) is 16.9. The molecule has 9 heteroatoms. The SMILES string of the molecule is CSc1ccc(NC(=O)Nc2cc3ncc(NC45BC(C)(CCCCC4)CC5)nc3nc2C)cc1. The molecular weight excluding hydrogens is 455 g/mol. The van der Waals surface area contributed by atoms with Gasteiger partial charge in [-0.15, -0.1) is 11.8 Å². The van der Waals surface area contributed by atoms with Gasteiger partial charge in [-0.3, -0.25) is 0 Å². The predicted octanol–water partition coefficient (Wildman–Crippen LogP) is 6.18. The quantitative estimate of drug-likeness (QED) is 0.293. The molecule has 5 rings (SSSR count). The van der Waals surface area contributed by atoms with E-state index < -0.39 is 0 Å². The fraction of sp³-hybridized carbons (Fsp3) is 0.462. The van der Waals surface area contributed by atoms with Crippen LogP contribution in [0.2, 0.25) is 5.31 Å². The topological polar surface area (TPSA) is 91.8 Å². The molecule has 2 aromatic heterocycles. The largest absolute Gasteiger partial charge is 0.371 e. The number of pyridine rings is 1. The minimum atomic E-state index is -0.315. The highest BCUT2D eigenvalue weighted by atomic mass is 32.2. The summed E-state index contributed by atoms with van der Waals surface area (Å²) in [7, 11) is 1.20. The number of hydrogen-bond donors (Lipinski definition) is 3. The molecule has 2 fully saturated rings. The second kappa shape index (κ2) is 9.68. The number of benzene rings is 1. The van der Waals surface area contributed by atoms with E-state index in [2.05, 4.69) is 32.8 Å². The first-order valence-corrected chi connectivity index (χ1v) is 13.7. The van der Waals surface area contributed by atoms with Gasteiger partial charge < -0.3 is 16.0 Å². The minimum absolute atomic E-state index is 0.111. The highest BCUT2D eigenvalue weighted by Gasteiger charge is 2.47. The molecule has 3 N–H and O–H groups in total. The second-order valence-electron chi connectivity index (χ2n) is 10.5. The van der Waals surface area contributed by atoms with Crippen molar-refractivity contribution in [2.75, 3.05) is 22.2 Å². The number of thioether (sulfide) groups is 1. The van der Waals surface area contributed by atoms with E-state index in [1.165, 1.54) is 52.2 Å². The third kappa shape index (κ3) is 5.40. The van der Waals surface area contributed by atoms with Gasteiger partial charge in [0.25, 0.3) is 0 Å². The molecule has 0 saturated carbocycles. The number of fused-ring (bicyclic) bond motifs is 3. The maximum Gasteiger partial charge on any atom is 0.323 e. The summed E-state index contributed by atoms with van der Waals surface area (Å²) in [5.41, 5.74) is 3.42. The molecule has 2 bridgehead atoms. The number of hydrogen-bond acceptors (Lipinski definition) is 6. The summed E-state index contributed by atoms with van der Waals surface area (Å²) < 4.78 is 0. The first-order valence-electron chi connectivity index (χ1n) is 12.5. The van der Waals surface area contributed by atoms with Crippen LogP contribution in [0.25, 0.3) is 11.2 Å². The van der Waals surface area contributed by atoms with Crippen LogP contribution < -0.4 is 16.0 Å². The van der Waals surface area contributed by atoms with Crippen LogP contribution in [0.15, 0.2) is 41.4 Å². The molecule has 4 heterocycles.